The molecule has 0 amide bonds. The highest BCUT2D eigenvalue weighted by Gasteiger charge is 2.26. The fourth-order valence-electron chi connectivity index (χ4n) is 1.91. The molecule has 1 aliphatic carbocycles. The monoisotopic (exact) mass is 208 g/mol. The Morgan fingerprint density at radius 2 is 1.85 bits per heavy atom. The molecule has 0 radical (unpaired) electrons. The molecule has 0 aromatic carbocycles. The summed E-state index contributed by atoms with van der Waals surface area (Å²) < 4.78 is 15.2. The minimum Gasteiger partial charge on any atom is -0.303 e. The van der Waals surface area contributed by atoms with Gasteiger partial charge in [-0.1, -0.05) is 19.3 Å². The molecule has 0 aromatic heterocycles. The first-order chi connectivity index (χ1) is 5.99. The third kappa shape index (κ3) is 4.23. The SMILES string of the molecule is C[C@H](OP(=O)(O)O)C1CCCCC1. The molecule has 0 unspecified atom stereocenters. The van der Waals surface area contributed by atoms with Crippen LogP contribution in [0.15, 0.2) is 0 Å². The lowest BCUT2D eigenvalue weighted by Crippen LogP contribution is -2.22. The maximum absolute atomic E-state index is 10.6. The molecule has 1 rings (SSSR count). The minimum absolute atomic E-state index is 0.318. The molecule has 0 heterocycles. The first-order valence-corrected chi connectivity index (χ1v) is 6.26. The third-order valence-electron chi connectivity index (χ3n) is 2.62. The molecule has 1 atom stereocenters. The van der Waals surface area contributed by atoms with E-state index in [2.05, 4.69) is 4.52 Å². The molecule has 1 fully saturated rings. The van der Waals surface area contributed by atoms with Crippen molar-refractivity contribution in [1.29, 1.82) is 0 Å². The number of phosphoric ester groups is 1. The molecular weight excluding hydrogens is 191 g/mol. The molecule has 2 N–H and O–H groups in total. The fourth-order valence-corrected chi connectivity index (χ4v) is 2.51. The van der Waals surface area contributed by atoms with Crippen LogP contribution in [0.1, 0.15) is 39.0 Å². The lowest BCUT2D eigenvalue weighted by atomic mass is 9.86. The zero-order valence-electron chi connectivity index (χ0n) is 7.85. The molecule has 5 heteroatoms. The average molecular weight is 208 g/mol. The van der Waals surface area contributed by atoms with Gasteiger partial charge in [-0.3, -0.25) is 4.52 Å². The van der Waals surface area contributed by atoms with Crippen LogP contribution in [0.25, 0.3) is 0 Å². The van der Waals surface area contributed by atoms with Crippen LogP contribution in [0.3, 0.4) is 0 Å². The Kier molecular flexibility index (Phi) is 3.92. The van der Waals surface area contributed by atoms with Crippen molar-refractivity contribution in [2.75, 3.05) is 0 Å². The van der Waals surface area contributed by atoms with Gasteiger partial charge in [-0.25, -0.2) is 4.57 Å². The van der Waals surface area contributed by atoms with Crippen molar-refractivity contribution < 1.29 is 18.9 Å². The Morgan fingerprint density at radius 1 is 1.31 bits per heavy atom. The van der Waals surface area contributed by atoms with Crippen molar-refractivity contribution in [2.45, 2.75) is 45.1 Å². The predicted molar refractivity (Wildman–Crippen MR) is 49.2 cm³/mol. The molecule has 0 aromatic rings. The Hall–Kier alpha value is 0.110. The van der Waals surface area contributed by atoms with Crippen LogP contribution >= 0.6 is 7.82 Å². The van der Waals surface area contributed by atoms with E-state index in [9.17, 15) is 4.57 Å². The summed E-state index contributed by atoms with van der Waals surface area (Å²) in [6, 6.07) is 0. The maximum Gasteiger partial charge on any atom is 0.469 e. The van der Waals surface area contributed by atoms with Crippen molar-refractivity contribution in [3.05, 3.63) is 0 Å². The maximum atomic E-state index is 10.6. The third-order valence-corrected chi connectivity index (χ3v) is 3.22. The van der Waals surface area contributed by atoms with Crippen LogP contribution in [0.5, 0.6) is 0 Å². The highest BCUT2D eigenvalue weighted by atomic mass is 31.2. The standard InChI is InChI=1S/C8H17O4P/c1-7(12-13(9,10)11)8-5-3-2-4-6-8/h7-8H,2-6H2,1H3,(H2,9,10,11)/t7-/m0/s1. The van der Waals surface area contributed by atoms with Gasteiger partial charge >= 0.3 is 7.82 Å². The van der Waals surface area contributed by atoms with E-state index in [0.29, 0.717) is 5.92 Å². The quantitative estimate of drug-likeness (QED) is 0.696. The van der Waals surface area contributed by atoms with Crippen LogP contribution in [0.4, 0.5) is 0 Å². The van der Waals surface area contributed by atoms with Crippen molar-refractivity contribution in [3.63, 3.8) is 0 Å². The van der Waals surface area contributed by atoms with E-state index in [1.165, 1.54) is 6.42 Å². The number of hydrogen-bond acceptors (Lipinski definition) is 2. The lowest BCUT2D eigenvalue weighted by Gasteiger charge is -2.27. The Balaban J connectivity index is 2.37. The fraction of sp³-hybridized carbons (Fsp3) is 1.00. The second-order valence-electron chi connectivity index (χ2n) is 3.70. The van der Waals surface area contributed by atoms with Gasteiger partial charge in [0.15, 0.2) is 0 Å². The molecule has 0 bridgehead atoms. The van der Waals surface area contributed by atoms with Crippen molar-refractivity contribution in [3.8, 4) is 0 Å². The van der Waals surface area contributed by atoms with E-state index < -0.39 is 7.82 Å². The van der Waals surface area contributed by atoms with Crippen molar-refractivity contribution in [2.24, 2.45) is 5.92 Å². The molecule has 1 saturated carbocycles. The summed E-state index contributed by atoms with van der Waals surface area (Å²) in [5.74, 6) is 0.321. The highest BCUT2D eigenvalue weighted by molar-refractivity contribution is 7.46. The largest absolute Gasteiger partial charge is 0.469 e. The van der Waals surface area contributed by atoms with E-state index in [4.69, 9.17) is 9.79 Å². The summed E-state index contributed by atoms with van der Waals surface area (Å²) in [6.45, 7) is 1.75. The second kappa shape index (κ2) is 4.56. The van der Waals surface area contributed by atoms with Gasteiger partial charge in [-0.05, 0) is 25.7 Å². The summed E-state index contributed by atoms with van der Waals surface area (Å²) in [5.41, 5.74) is 0. The lowest BCUT2D eigenvalue weighted by molar-refractivity contribution is 0.0840. The summed E-state index contributed by atoms with van der Waals surface area (Å²) in [5, 5.41) is 0. The molecule has 1 aliphatic rings. The number of phosphoric acid groups is 1. The number of hydrogen-bond donors (Lipinski definition) is 2. The second-order valence-corrected chi connectivity index (χ2v) is 4.89. The van der Waals surface area contributed by atoms with Gasteiger partial charge in [-0.2, -0.15) is 0 Å². The summed E-state index contributed by atoms with van der Waals surface area (Å²) in [6.07, 6.45) is 5.28. The minimum atomic E-state index is -4.29. The molecular formula is C8H17O4P. The average Bonchev–Trinajstić information content (AvgIpc) is 2.03. The van der Waals surface area contributed by atoms with Gasteiger partial charge in [-0.15, -0.1) is 0 Å². The van der Waals surface area contributed by atoms with E-state index in [1.807, 2.05) is 0 Å². The molecule has 0 aliphatic heterocycles. The molecule has 0 saturated heterocycles. The van der Waals surface area contributed by atoms with Gasteiger partial charge in [0.2, 0.25) is 0 Å². The van der Waals surface area contributed by atoms with E-state index in [-0.39, 0.29) is 6.10 Å². The van der Waals surface area contributed by atoms with Crippen LogP contribution in [-0.2, 0) is 9.09 Å². The molecule has 4 nitrogen and oxygen atoms in total. The Bertz CT molecular complexity index is 194. The molecule has 13 heavy (non-hydrogen) atoms. The summed E-state index contributed by atoms with van der Waals surface area (Å²) in [7, 11) is -4.29. The topological polar surface area (TPSA) is 66.8 Å². The van der Waals surface area contributed by atoms with E-state index >= 15 is 0 Å². The van der Waals surface area contributed by atoms with E-state index in [1.54, 1.807) is 6.92 Å². The Morgan fingerprint density at radius 3 is 2.31 bits per heavy atom. The number of rotatable bonds is 3. The summed E-state index contributed by atoms with van der Waals surface area (Å²) in [4.78, 5) is 17.2. The van der Waals surface area contributed by atoms with Crippen molar-refractivity contribution >= 4 is 7.82 Å². The van der Waals surface area contributed by atoms with Gasteiger partial charge in [0, 0.05) is 0 Å². The van der Waals surface area contributed by atoms with E-state index in [0.717, 1.165) is 25.7 Å². The highest BCUT2D eigenvalue weighted by Crippen LogP contribution is 2.41. The molecule has 78 valence electrons. The zero-order chi connectivity index (χ0) is 9.90. The smallest absolute Gasteiger partial charge is 0.303 e. The van der Waals surface area contributed by atoms with Gasteiger partial charge in [0.05, 0.1) is 6.10 Å². The zero-order valence-corrected chi connectivity index (χ0v) is 8.74. The first-order valence-electron chi connectivity index (χ1n) is 4.73. The van der Waals surface area contributed by atoms with Crippen molar-refractivity contribution in [1.82, 2.24) is 0 Å². The first kappa shape index (κ1) is 11.2. The Labute approximate surface area is 78.5 Å². The van der Waals surface area contributed by atoms with Crippen LogP contribution < -0.4 is 0 Å². The van der Waals surface area contributed by atoms with Crippen LogP contribution in [0, 0.1) is 5.92 Å². The normalized spacial score (nSPS) is 23.0. The van der Waals surface area contributed by atoms with Gasteiger partial charge in [0.25, 0.3) is 0 Å². The van der Waals surface area contributed by atoms with Gasteiger partial charge < -0.3 is 9.79 Å². The summed E-state index contributed by atoms with van der Waals surface area (Å²) >= 11 is 0. The van der Waals surface area contributed by atoms with Gasteiger partial charge in [0.1, 0.15) is 0 Å². The molecule has 0 spiro atoms. The van der Waals surface area contributed by atoms with Crippen LogP contribution in [0.2, 0.25) is 0 Å². The predicted octanol–water partition coefficient (Wildman–Crippen LogP) is 2.06. The van der Waals surface area contributed by atoms with Crippen LogP contribution in [-0.4, -0.2) is 15.9 Å².